The molecule has 7 heteroatoms. The van der Waals surface area contributed by atoms with Gasteiger partial charge in [-0.1, -0.05) is 37.0 Å². The Bertz CT molecular complexity index is 520. The lowest BCUT2D eigenvalue weighted by Crippen LogP contribution is -2.51. The largest absolute Gasteiger partial charge is 0.379 e. The zero-order valence-corrected chi connectivity index (χ0v) is 14.3. The second-order valence-corrected chi connectivity index (χ2v) is 6.43. The third kappa shape index (κ3) is 4.56. The Kier molecular flexibility index (Phi) is 6.44. The number of halogens is 2. The van der Waals surface area contributed by atoms with E-state index in [4.69, 9.17) is 27.9 Å². The van der Waals surface area contributed by atoms with E-state index in [1.807, 2.05) is 0 Å². The molecule has 1 amide bonds. The monoisotopic (exact) mass is 345 g/mol. The lowest BCUT2D eigenvalue weighted by molar-refractivity contribution is 0.00671. The van der Waals surface area contributed by atoms with Crippen LogP contribution in [0.1, 0.15) is 24.3 Å². The molecule has 1 fully saturated rings. The predicted octanol–water partition coefficient (Wildman–Crippen LogP) is 2.48. The first-order chi connectivity index (χ1) is 10.5. The smallest absolute Gasteiger partial charge is 0.271 e. The molecule has 0 spiro atoms. The van der Waals surface area contributed by atoms with Crippen LogP contribution in [-0.4, -0.2) is 54.7 Å². The van der Waals surface area contributed by atoms with Gasteiger partial charge in [-0.2, -0.15) is 0 Å². The summed E-state index contributed by atoms with van der Waals surface area (Å²) in [5, 5.41) is 3.47. The van der Waals surface area contributed by atoms with Crippen LogP contribution >= 0.6 is 23.2 Å². The van der Waals surface area contributed by atoms with Crippen molar-refractivity contribution in [1.29, 1.82) is 0 Å². The molecule has 122 valence electrons. The highest BCUT2D eigenvalue weighted by Crippen LogP contribution is 2.17. The molecule has 0 radical (unpaired) electrons. The van der Waals surface area contributed by atoms with Gasteiger partial charge in [0, 0.05) is 25.7 Å². The summed E-state index contributed by atoms with van der Waals surface area (Å²) in [5.41, 5.74) is 0.165. The molecule has 1 aromatic rings. The minimum absolute atomic E-state index is 0.165. The SMILES string of the molecule is CC(C)C(CNC(=O)c1nc(Cl)ccc1Cl)N1CCOCC1. The number of aromatic nitrogens is 1. The number of rotatable bonds is 5. The fourth-order valence-corrected chi connectivity index (χ4v) is 2.89. The number of hydrogen-bond acceptors (Lipinski definition) is 4. The van der Waals surface area contributed by atoms with Crippen molar-refractivity contribution in [2.45, 2.75) is 19.9 Å². The van der Waals surface area contributed by atoms with Crippen LogP contribution in [0.5, 0.6) is 0 Å². The lowest BCUT2D eigenvalue weighted by Gasteiger charge is -2.36. The van der Waals surface area contributed by atoms with E-state index >= 15 is 0 Å². The van der Waals surface area contributed by atoms with Crippen LogP contribution in [0.25, 0.3) is 0 Å². The number of nitrogens with zero attached hydrogens (tertiary/aromatic N) is 2. The molecule has 1 aromatic heterocycles. The lowest BCUT2D eigenvalue weighted by atomic mass is 10.0. The molecular weight excluding hydrogens is 325 g/mol. The van der Waals surface area contributed by atoms with Gasteiger partial charge in [0.25, 0.3) is 5.91 Å². The summed E-state index contributed by atoms with van der Waals surface area (Å²) in [7, 11) is 0. The molecule has 1 unspecified atom stereocenters. The fourth-order valence-electron chi connectivity index (χ4n) is 2.55. The van der Waals surface area contributed by atoms with Crippen LogP contribution in [0.2, 0.25) is 10.2 Å². The summed E-state index contributed by atoms with van der Waals surface area (Å²) in [6.45, 7) is 8.08. The highest BCUT2D eigenvalue weighted by Gasteiger charge is 2.25. The maximum absolute atomic E-state index is 12.3. The van der Waals surface area contributed by atoms with E-state index in [0.29, 0.717) is 17.5 Å². The number of nitrogens with one attached hydrogen (secondary N) is 1. The van der Waals surface area contributed by atoms with Gasteiger partial charge >= 0.3 is 0 Å². The van der Waals surface area contributed by atoms with Gasteiger partial charge in [0.1, 0.15) is 10.8 Å². The first-order valence-corrected chi connectivity index (χ1v) is 8.16. The van der Waals surface area contributed by atoms with E-state index in [2.05, 4.69) is 29.0 Å². The Labute approximate surface area is 140 Å². The standard InChI is InChI=1S/C15H21Cl2N3O2/c1-10(2)12(20-5-7-22-8-6-20)9-18-15(21)14-11(16)3-4-13(17)19-14/h3-4,10,12H,5-9H2,1-2H3,(H,18,21). The van der Waals surface area contributed by atoms with Crippen molar-refractivity contribution in [1.82, 2.24) is 15.2 Å². The Balaban J connectivity index is 1.99. The van der Waals surface area contributed by atoms with E-state index in [1.54, 1.807) is 12.1 Å². The maximum Gasteiger partial charge on any atom is 0.271 e. The van der Waals surface area contributed by atoms with Crippen LogP contribution in [0.3, 0.4) is 0 Å². The molecular formula is C15H21Cl2N3O2. The molecule has 0 aromatic carbocycles. The Morgan fingerprint density at radius 2 is 2.05 bits per heavy atom. The second-order valence-electron chi connectivity index (χ2n) is 5.63. The summed E-state index contributed by atoms with van der Waals surface area (Å²) in [6, 6.07) is 3.39. The number of pyridine rings is 1. The Morgan fingerprint density at radius 3 is 2.68 bits per heavy atom. The average Bonchev–Trinajstić information content (AvgIpc) is 2.50. The highest BCUT2D eigenvalue weighted by molar-refractivity contribution is 6.34. The molecule has 1 aliphatic rings. The molecule has 1 atom stereocenters. The van der Waals surface area contributed by atoms with Crippen LogP contribution in [0.4, 0.5) is 0 Å². The molecule has 2 rings (SSSR count). The van der Waals surface area contributed by atoms with Crippen molar-refractivity contribution in [3.05, 3.63) is 28.0 Å². The van der Waals surface area contributed by atoms with Crippen molar-refractivity contribution >= 4 is 29.1 Å². The van der Waals surface area contributed by atoms with Gasteiger partial charge in [0.15, 0.2) is 0 Å². The summed E-state index contributed by atoms with van der Waals surface area (Å²) in [6.07, 6.45) is 0. The second kappa shape index (κ2) is 8.11. The van der Waals surface area contributed by atoms with Crippen molar-refractivity contribution < 1.29 is 9.53 Å². The third-order valence-corrected chi connectivity index (χ3v) is 4.30. The topological polar surface area (TPSA) is 54.5 Å². The van der Waals surface area contributed by atoms with Gasteiger partial charge in [-0.05, 0) is 18.1 Å². The molecule has 1 N–H and O–H groups in total. The number of carbonyl (C=O) groups is 1. The van der Waals surface area contributed by atoms with Gasteiger partial charge in [-0.15, -0.1) is 0 Å². The first kappa shape index (κ1) is 17.5. The fraction of sp³-hybridized carbons (Fsp3) is 0.600. The van der Waals surface area contributed by atoms with Crippen LogP contribution in [0, 0.1) is 5.92 Å². The Hall–Kier alpha value is -0.880. The van der Waals surface area contributed by atoms with Crippen LogP contribution < -0.4 is 5.32 Å². The molecule has 5 nitrogen and oxygen atoms in total. The van der Waals surface area contributed by atoms with E-state index in [9.17, 15) is 4.79 Å². The average molecular weight is 346 g/mol. The van der Waals surface area contributed by atoms with Gasteiger partial charge in [0.2, 0.25) is 0 Å². The van der Waals surface area contributed by atoms with E-state index in [0.717, 1.165) is 26.3 Å². The molecule has 2 heterocycles. The molecule has 0 bridgehead atoms. The summed E-state index contributed by atoms with van der Waals surface area (Å²) >= 11 is 11.8. The first-order valence-electron chi connectivity index (χ1n) is 7.41. The maximum atomic E-state index is 12.3. The molecule has 22 heavy (non-hydrogen) atoms. The molecule has 0 saturated carbocycles. The number of hydrogen-bond donors (Lipinski definition) is 1. The minimum atomic E-state index is -0.300. The third-order valence-electron chi connectivity index (χ3n) is 3.78. The normalized spacial score (nSPS) is 17.5. The number of morpholine rings is 1. The Morgan fingerprint density at radius 1 is 1.36 bits per heavy atom. The zero-order valence-electron chi connectivity index (χ0n) is 12.8. The quantitative estimate of drug-likeness (QED) is 0.833. The minimum Gasteiger partial charge on any atom is -0.379 e. The highest BCUT2D eigenvalue weighted by atomic mass is 35.5. The van der Waals surface area contributed by atoms with Gasteiger partial charge in [-0.3, -0.25) is 9.69 Å². The zero-order chi connectivity index (χ0) is 16.1. The summed E-state index contributed by atoms with van der Waals surface area (Å²) in [4.78, 5) is 18.6. The van der Waals surface area contributed by atoms with E-state index in [-0.39, 0.29) is 22.8 Å². The van der Waals surface area contributed by atoms with E-state index in [1.165, 1.54) is 0 Å². The van der Waals surface area contributed by atoms with Gasteiger partial charge < -0.3 is 10.1 Å². The number of ether oxygens (including phenoxy) is 1. The predicted molar refractivity (Wildman–Crippen MR) is 87.6 cm³/mol. The van der Waals surface area contributed by atoms with Crippen molar-refractivity contribution in [2.75, 3.05) is 32.8 Å². The molecule has 1 aliphatic heterocycles. The molecule has 1 saturated heterocycles. The summed E-state index contributed by atoms with van der Waals surface area (Å²) in [5.74, 6) is 0.118. The van der Waals surface area contributed by atoms with Crippen LogP contribution in [0.15, 0.2) is 12.1 Å². The number of amides is 1. The summed E-state index contributed by atoms with van der Waals surface area (Å²) < 4.78 is 5.38. The van der Waals surface area contributed by atoms with Gasteiger partial charge in [-0.25, -0.2) is 4.98 Å². The van der Waals surface area contributed by atoms with Crippen molar-refractivity contribution in [3.8, 4) is 0 Å². The van der Waals surface area contributed by atoms with Crippen molar-refractivity contribution in [2.24, 2.45) is 5.92 Å². The van der Waals surface area contributed by atoms with E-state index < -0.39 is 0 Å². The van der Waals surface area contributed by atoms with Crippen LogP contribution in [-0.2, 0) is 4.74 Å². The number of carbonyl (C=O) groups excluding carboxylic acids is 1. The van der Waals surface area contributed by atoms with Gasteiger partial charge in [0.05, 0.1) is 18.2 Å². The molecule has 0 aliphatic carbocycles. The van der Waals surface area contributed by atoms with Crippen molar-refractivity contribution in [3.63, 3.8) is 0 Å².